The van der Waals surface area contributed by atoms with Gasteiger partial charge < -0.3 is 14.8 Å². The summed E-state index contributed by atoms with van der Waals surface area (Å²) in [5.74, 6) is 1.82. The van der Waals surface area contributed by atoms with E-state index in [9.17, 15) is 4.79 Å². The molecule has 0 radical (unpaired) electrons. The highest BCUT2D eigenvalue weighted by molar-refractivity contribution is 7.20. The van der Waals surface area contributed by atoms with Crippen LogP contribution in [0, 0.1) is 20.8 Å². The zero-order valence-corrected chi connectivity index (χ0v) is 17.0. The number of aromatic nitrogens is 2. The fraction of sp³-hybridized carbons (Fsp3) is 0.350. The Bertz CT molecular complexity index is 998. The van der Waals surface area contributed by atoms with Crippen LogP contribution in [-0.4, -0.2) is 29.1 Å². The normalized spacial score (nSPS) is 10.9. The number of nitrogens with one attached hydrogen (secondary N) is 1. The Hall–Kier alpha value is -2.67. The molecule has 0 aliphatic heterocycles. The number of hydrogen-bond donors (Lipinski definition) is 1. The summed E-state index contributed by atoms with van der Waals surface area (Å²) in [6.45, 7) is 10.6. The molecule has 0 atom stereocenters. The number of thiophene rings is 1. The summed E-state index contributed by atoms with van der Waals surface area (Å²) < 4.78 is 11.2. The molecular formula is C20H23N3O3S. The zero-order valence-electron chi connectivity index (χ0n) is 16.2. The first-order valence-electron chi connectivity index (χ1n) is 8.89. The molecule has 0 aliphatic rings. The highest BCUT2D eigenvalue weighted by atomic mass is 32.1. The summed E-state index contributed by atoms with van der Waals surface area (Å²) in [6, 6.07) is 5.40. The minimum Gasteiger partial charge on any atom is -0.490 e. The summed E-state index contributed by atoms with van der Waals surface area (Å²) in [4.78, 5) is 23.2. The van der Waals surface area contributed by atoms with E-state index in [-0.39, 0.29) is 5.91 Å². The summed E-state index contributed by atoms with van der Waals surface area (Å²) in [6.07, 6.45) is 0. The third-order valence-electron chi connectivity index (χ3n) is 4.09. The third-order valence-corrected chi connectivity index (χ3v) is 5.27. The second-order valence-electron chi connectivity index (χ2n) is 6.07. The number of fused-ring (bicyclic) bond motifs is 1. The molecule has 0 spiro atoms. The molecule has 142 valence electrons. The topological polar surface area (TPSA) is 73.3 Å². The minimum atomic E-state index is -0.167. The van der Waals surface area contributed by atoms with Gasteiger partial charge in [-0.25, -0.2) is 9.97 Å². The maximum atomic E-state index is 12.9. The monoisotopic (exact) mass is 385 g/mol. The van der Waals surface area contributed by atoms with E-state index in [0.717, 1.165) is 21.5 Å². The quantitative estimate of drug-likeness (QED) is 0.668. The van der Waals surface area contributed by atoms with Crippen LogP contribution in [0.25, 0.3) is 10.2 Å². The SMILES string of the molecule is CCOc1ccc(NC(=O)c2sc3nc(C)nc(C)c3c2C)cc1OCC. The van der Waals surface area contributed by atoms with Crippen LogP contribution >= 0.6 is 11.3 Å². The van der Waals surface area contributed by atoms with Crippen molar-refractivity contribution in [1.82, 2.24) is 9.97 Å². The number of ether oxygens (including phenoxy) is 2. The van der Waals surface area contributed by atoms with Crippen LogP contribution in [0.3, 0.4) is 0 Å². The molecule has 2 heterocycles. The van der Waals surface area contributed by atoms with Crippen molar-refractivity contribution in [2.45, 2.75) is 34.6 Å². The van der Waals surface area contributed by atoms with Gasteiger partial charge in [0.15, 0.2) is 11.5 Å². The number of carbonyl (C=O) groups excluding carboxylic acids is 1. The van der Waals surface area contributed by atoms with Gasteiger partial charge in [-0.2, -0.15) is 0 Å². The van der Waals surface area contributed by atoms with E-state index in [0.29, 0.717) is 41.1 Å². The molecule has 1 N–H and O–H groups in total. The zero-order chi connectivity index (χ0) is 19.6. The van der Waals surface area contributed by atoms with Gasteiger partial charge in [0.05, 0.1) is 18.1 Å². The number of amides is 1. The average Bonchev–Trinajstić information content (AvgIpc) is 2.94. The molecule has 7 heteroatoms. The van der Waals surface area contributed by atoms with Crippen LogP contribution in [0.2, 0.25) is 0 Å². The summed E-state index contributed by atoms with van der Waals surface area (Å²) in [5.41, 5.74) is 2.45. The lowest BCUT2D eigenvalue weighted by Crippen LogP contribution is -2.11. The lowest BCUT2D eigenvalue weighted by atomic mass is 10.1. The van der Waals surface area contributed by atoms with Crippen LogP contribution < -0.4 is 14.8 Å². The number of hydrogen-bond acceptors (Lipinski definition) is 6. The van der Waals surface area contributed by atoms with Crippen molar-refractivity contribution in [3.05, 3.63) is 40.2 Å². The number of benzene rings is 1. The Morgan fingerprint density at radius 1 is 1.07 bits per heavy atom. The molecule has 1 aromatic carbocycles. The highest BCUT2D eigenvalue weighted by Crippen LogP contribution is 2.33. The number of anilines is 1. The van der Waals surface area contributed by atoms with Crippen molar-refractivity contribution in [3.8, 4) is 11.5 Å². The van der Waals surface area contributed by atoms with Crippen LogP contribution in [0.1, 0.15) is 40.6 Å². The molecule has 3 rings (SSSR count). The lowest BCUT2D eigenvalue weighted by Gasteiger charge is -2.13. The molecular weight excluding hydrogens is 362 g/mol. The molecule has 3 aromatic rings. The Labute approximate surface area is 162 Å². The maximum absolute atomic E-state index is 12.9. The molecule has 6 nitrogen and oxygen atoms in total. The van der Waals surface area contributed by atoms with E-state index < -0.39 is 0 Å². The summed E-state index contributed by atoms with van der Waals surface area (Å²) in [7, 11) is 0. The van der Waals surface area contributed by atoms with Crippen LogP contribution in [0.4, 0.5) is 5.69 Å². The average molecular weight is 385 g/mol. The number of rotatable bonds is 6. The smallest absolute Gasteiger partial charge is 0.266 e. The second-order valence-corrected chi connectivity index (χ2v) is 7.07. The molecule has 0 aliphatic carbocycles. The van der Waals surface area contributed by atoms with Gasteiger partial charge in [0.2, 0.25) is 0 Å². The molecule has 0 saturated heterocycles. The molecule has 0 fully saturated rings. The maximum Gasteiger partial charge on any atom is 0.266 e. The van der Waals surface area contributed by atoms with Crippen LogP contribution in [0.5, 0.6) is 11.5 Å². The van der Waals surface area contributed by atoms with Gasteiger partial charge >= 0.3 is 0 Å². The van der Waals surface area contributed by atoms with Crippen LogP contribution in [-0.2, 0) is 0 Å². The summed E-state index contributed by atoms with van der Waals surface area (Å²) >= 11 is 1.39. The van der Waals surface area contributed by atoms with Crippen molar-refractivity contribution in [1.29, 1.82) is 0 Å². The van der Waals surface area contributed by atoms with Gasteiger partial charge in [-0.1, -0.05) is 0 Å². The van der Waals surface area contributed by atoms with E-state index >= 15 is 0 Å². The molecule has 0 saturated carbocycles. The minimum absolute atomic E-state index is 0.167. The van der Waals surface area contributed by atoms with E-state index in [2.05, 4.69) is 15.3 Å². The third kappa shape index (κ3) is 3.88. The first-order valence-corrected chi connectivity index (χ1v) is 9.71. The number of carbonyl (C=O) groups is 1. The van der Waals surface area contributed by atoms with Crippen molar-refractivity contribution in [3.63, 3.8) is 0 Å². The summed E-state index contributed by atoms with van der Waals surface area (Å²) in [5, 5.41) is 3.91. The van der Waals surface area contributed by atoms with E-state index in [1.165, 1.54) is 11.3 Å². The first-order chi connectivity index (χ1) is 12.9. The fourth-order valence-electron chi connectivity index (χ4n) is 3.01. The molecule has 1 amide bonds. The predicted octanol–water partition coefficient (Wildman–Crippen LogP) is 4.67. The number of aryl methyl sites for hydroxylation is 3. The van der Waals surface area contributed by atoms with Gasteiger partial charge in [-0.3, -0.25) is 4.79 Å². The van der Waals surface area contributed by atoms with E-state index in [4.69, 9.17) is 9.47 Å². The first kappa shape index (κ1) is 19.1. The van der Waals surface area contributed by atoms with Crippen molar-refractivity contribution >= 4 is 33.1 Å². The molecule has 2 aromatic heterocycles. The standard InChI is InChI=1S/C20H23N3O3S/c1-6-25-15-9-8-14(10-16(15)26-7-2)23-19(24)18-11(3)17-12(4)21-13(5)22-20(17)27-18/h8-10H,6-7H2,1-5H3,(H,23,24). The largest absolute Gasteiger partial charge is 0.490 e. The van der Waals surface area contributed by atoms with Crippen molar-refractivity contribution < 1.29 is 14.3 Å². The van der Waals surface area contributed by atoms with Crippen molar-refractivity contribution in [2.75, 3.05) is 18.5 Å². The Kier molecular flexibility index (Phi) is 5.60. The van der Waals surface area contributed by atoms with E-state index in [1.807, 2.05) is 40.7 Å². The second kappa shape index (κ2) is 7.92. The lowest BCUT2D eigenvalue weighted by molar-refractivity contribution is 0.103. The predicted molar refractivity (Wildman–Crippen MR) is 108 cm³/mol. The van der Waals surface area contributed by atoms with Crippen LogP contribution in [0.15, 0.2) is 18.2 Å². The Balaban J connectivity index is 1.91. The fourth-order valence-corrected chi connectivity index (χ4v) is 4.18. The van der Waals surface area contributed by atoms with Gasteiger partial charge in [0, 0.05) is 22.8 Å². The van der Waals surface area contributed by atoms with Crippen molar-refractivity contribution in [2.24, 2.45) is 0 Å². The van der Waals surface area contributed by atoms with Gasteiger partial charge in [-0.05, 0) is 52.3 Å². The van der Waals surface area contributed by atoms with Gasteiger partial charge in [0.1, 0.15) is 10.7 Å². The number of nitrogens with zero attached hydrogens (tertiary/aromatic N) is 2. The Morgan fingerprint density at radius 3 is 2.48 bits per heavy atom. The van der Waals surface area contributed by atoms with Gasteiger partial charge in [-0.15, -0.1) is 11.3 Å². The molecule has 0 unspecified atom stereocenters. The van der Waals surface area contributed by atoms with Gasteiger partial charge in [0.25, 0.3) is 5.91 Å². The highest BCUT2D eigenvalue weighted by Gasteiger charge is 2.19. The molecule has 0 bridgehead atoms. The Morgan fingerprint density at radius 2 is 1.78 bits per heavy atom. The van der Waals surface area contributed by atoms with E-state index in [1.54, 1.807) is 12.1 Å². The molecule has 27 heavy (non-hydrogen) atoms.